The van der Waals surface area contributed by atoms with Crippen molar-refractivity contribution in [3.8, 4) is 17.2 Å². The summed E-state index contributed by atoms with van der Waals surface area (Å²) >= 11 is 0. The Kier molecular flexibility index (Phi) is 7.36. The molecule has 0 aliphatic heterocycles. The second kappa shape index (κ2) is 10.1. The maximum absolute atomic E-state index is 13.6. The standard InChI is InChI=1S/C22H12F8N2O4/c23-19(24)9-12-8-16(20(33)31-13-2-1-7-32(34)11-13)18(10-17(12)21(25,26)27)35-14-3-5-15(6-4-14)36-22(28,29)30/h1-11H,(H,31,33). The smallest absolute Gasteiger partial charge is 0.573 e. The van der Waals surface area contributed by atoms with Crippen LogP contribution in [0.2, 0.25) is 0 Å². The van der Waals surface area contributed by atoms with E-state index in [1.54, 1.807) is 0 Å². The number of rotatable bonds is 6. The van der Waals surface area contributed by atoms with Crippen LogP contribution in [-0.4, -0.2) is 12.3 Å². The van der Waals surface area contributed by atoms with Gasteiger partial charge in [-0.15, -0.1) is 13.2 Å². The highest BCUT2D eigenvalue weighted by Crippen LogP contribution is 2.39. The molecule has 0 radical (unpaired) electrons. The van der Waals surface area contributed by atoms with Gasteiger partial charge in [-0.25, -0.2) is 0 Å². The molecule has 0 unspecified atom stereocenters. The van der Waals surface area contributed by atoms with Gasteiger partial charge >= 0.3 is 12.5 Å². The number of pyridine rings is 1. The molecule has 14 heteroatoms. The molecule has 36 heavy (non-hydrogen) atoms. The van der Waals surface area contributed by atoms with Crippen LogP contribution in [0.1, 0.15) is 21.5 Å². The van der Waals surface area contributed by atoms with Crippen molar-refractivity contribution in [1.29, 1.82) is 0 Å². The number of alkyl halides is 6. The minimum Gasteiger partial charge on any atom is -0.619 e. The molecule has 0 bridgehead atoms. The van der Waals surface area contributed by atoms with Gasteiger partial charge < -0.3 is 20.0 Å². The second-order valence-corrected chi connectivity index (χ2v) is 6.90. The predicted octanol–water partition coefficient (Wildman–Crippen LogP) is 6.52. The highest BCUT2D eigenvalue weighted by molar-refractivity contribution is 6.06. The van der Waals surface area contributed by atoms with E-state index in [1.165, 1.54) is 12.1 Å². The summed E-state index contributed by atoms with van der Waals surface area (Å²) in [5, 5.41) is 13.6. The van der Waals surface area contributed by atoms with Crippen molar-refractivity contribution < 1.29 is 54.1 Å². The van der Waals surface area contributed by atoms with E-state index < -0.39 is 52.7 Å². The Morgan fingerprint density at radius 1 is 0.972 bits per heavy atom. The third kappa shape index (κ3) is 7.07. The molecule has 2 aromatic carbocycles. The Bertz CT molecular complexity index is 1280. The van der Waals surface area contributed by atoms with Gasteiger partial charge in [-0.2, -0.15) is 26.7 Å². The number of ether oxygens (including phenoxy) is 2. The molecule has 0 saturated heterocycles. The van der Waals surface area contributed by atoms with E-state index in [0.29, 0.717) is 16.9 Å². The minimum atomic E-state index is -5.15. The molecule has 0 atom stereocenters. The first-order chi connectivity index (χ1) is 16.7. The van der Waals surface area contributed by atoms with Gasteiger partial charge in [0, 0.05) is 12.1 Å². The quantitative estimate of drug-likeness (QED) is 0.228. The van der Waals surface area contributed by atoms with E-state index in [9.17, 15) is 45.1 Å². The third-order valence-electron chi connectivity index (χ3n) is 4.28. The van der Waals surface area contributed by atoms with E-state index in [-0.39, 0.29) is 17.5 Å². The highest BCUT2D eigenvalue weighted by Gasteiger charge is 2.35. The van der Waals surface area contributed by atoms with Gasteiger partial charge in [0.2, 0.25) is 6.20 Å². The topological polar surface area (TPSA) is 74.5 Å². The lowest BCUT2D eigenvalue weighted by Crippen LogP contribution is -2.25. The van der Waals surface area contributed by atoms with Crippen LogP contribution in [0.5, 0.6) is 17.2 Å². The molecule has 1 aromatic heterocycles. The van der Waals surface area contributed by atoms with E-state index in [2.05, 4.69) is 10.1 Å². The van der Waals surface area contributed by atoms with Crippen molar-refractivity contribution in [3.63, 3.8) is 0 Å². The number of nitrogens with zero attached hydrogens (tertiary/aromatic N) is 1. The summed E-state index contributed by atoms with van der Waals surface area (Å²) in [5.41, 5.74) is -3.35. The van der Waals surface area contributed by atoms with Gasteiger partial charge in [0.25, 0.3) is 12.0 Å². The number of nitrogens with one attached hydrogen (secondary N) is 1. The number of halogens is 8. The average Bonchev–Trinajstić information content (AvgIpc) is 2.73. The van der Waals surface area contributed by atoms with Crippen molar-refractivity contribution in [2.45, 2.75) is 12.5 Å². The van der Waals surface area contributed by atoms with E-state index in [4.69, 9.17) is 4.74 Å². The van der Waals surface area contributed by atoms with Crippen molar-refractivity contribution in [3.05, 3.63) is 88.9 Å². The molecule has 0 fully saturated rings. The Morgan fingerprint density at radius 3 is 2.17 bits per heavy atom. The molecule has 1 N–H and O–H groups in total. The van der Waals surface area contributed by atoms with Crippen LogP contribution in [0, 0.1) is 5.21 Å². The summed E-state index contributed by atoms with van der Waals surface area (Å²) in [6.45, 7) is 0. The van der Waals surface area contributed by atoms with E-state index >= 15 is 0 Å². The minimum absolute atomic E-state index is 0.0780. The first kappa shape index (κ1) is 26.2. The van der Waals surface area contributed by atoms with Gasteiger partial charge in [0.1, 0.15) is 22.9 Å². The number of anilines is 1. The zero-order valence-electron chi connectivity index (χ0n) is 17.5. The van der Waals surface area contributed by atoms with Crippen LogP contribution in [0.3, 0.4) is 0 Å². The lowest BCUT2D eigenvalue weighted by atomic mass is 10.0. The first-order valence-corrected chi connectivity index (χ1v) is 9.53. The molecule has 3 aromatic rings. The molecule has 0 saturated carbocycles. The normalized spacial score (nSPS) is 11.6. The molecule has 6 nitrogen and oxygen atoms in total. The van der Waals surface area contributed by atoms with E-state index in [1.807, 2.05) is 0 Å². The van der Waals surface area contributed by atoms with Gasteiger partial charge in [-0.05, 0) is 48.0 Å². The summed E-state index contributed by atoms with van der Waals surface area (Å²) in [4.78, 5) is 12.8. The van der Waals surface area contributed by atoms with Crippen molar-refractivity contribution in [1.82, 2.24) is 0 Å². The number of hydrogen-bond acceptors (Lipinski definition) is 4. The van der Waals surface area contributed by atoms with Gasteiger partial charge in [-0.1, -0.05) is 0 Å². The van der Waals surface area contributed by atoms with E-state index in [0.717, 1.165) is 36.7 Å². The van der Waals surface area contributed by atoms with Crippen LogP contribution in [0.25, 0.3) is 6.08 Å². The van der Waals surface area contributed by atoms with Crippen LogP contribution >= 0.6 is 0 Å². The maximum Gasteiger partial charge on any atom is 0.573 e. The molecule has 0 spiro atoms. The zero-order valence-corrected chi connectivity index (χ0v) is 17.5. The Labute approximate surface area is 196 Å². The lowest BCUT2D eigenvalue weighted by molar-refractivity contribution is -0.604. The SMILES string of the molecule is O=C(Nc1ccc[n+]([O-])c1)c1cc(C=C(F)F)c(C(F)(F)F)cc1Oc1ccc(OC(F)(F)F)cc1. The van der Waals surface area contributed by atoms with Gasteiger partial charge in [0.15, 0.2) is 6.20 Å². The monoisotopic (exact) mass is 520 g/mol. The fourth-order valence-electron chi connectivity index (χ4n) is 2.90. The Morgan fingerprint density at radius 2 is 1.61 bits per heavy atom. The number of hydrogen-bond donors (Lipinski definition) is 1. The lowest BCUT2D eigenvalue weighted by Gasteiger charge is -2.17. The van der Waals surface area contributed by atoms with Gasteiger partial charge in [0.05, 0.1) is 11.1 Å². The summed E-state index contributed by atoms with van der Waals surface area (Å²) in [6.07, 6.45) is -10.7. The summed E-state index contributed by atoms with van der Waals surface area (Å²) < 4.78 is 113. The fourth-order valence-corrected chi connectivity index (χ4v) is 2.90. The third-order valence-corrected chi connectivity index (χ3v) is 4.28. The molecule has 190 valence electrons. The first-order valence-electron chi connectivity index (χ1n) is 9.53. The number of aromatic nitrogens is 1. The Balaban J connectivity index is 2.07. The largest absolute Gasteiger partial charge is 0.619 e. The van der Waals surface area contributed by atoms with Gasteiger partial charge in [-0.3, -0.25) is 4.79 Å². The highest BCUT2D eigenvalue weighted by atomic mass is 19.4. The number of amides is 1. The van der Waals surface area contributed by atoms with Crippen LogP contribution in [0.4, 0.5) is 40.8 Å². The average molecular weight is 520 g/mol. The molecule has 1 heterocycles. The fraction of sp³-hybridized carbons (Fsp3) is 0.0909. The van der Waals surface area contributed by atoms with Crippen LogP contribution < -0.4 is 19.5 Å². The van der Waals surface area contributed by atoms with Crippen molar-refractivity contribution in [2.75, 3.05) is 5.32 Å². The van der Waals surface area contributed by atoms with Crippen LogP contribution in [-0.2, 0) is 6.18 Å². The summed E-state index contributed by atoms with van der Waals surface area (Å²) in [6, 6.07) is 6.78. The molecule has 3 rings (SSSR count). The number of carbonyl (C=O) groups excluding carboxylic acids is 1. The molecule has 1 amide bonds. The van der Waals surface area contributed by atoms with Crippen molar-refractivity contribution in [2.24, 2.45) is 0 Å². The summed E-state index contributed by atoms with van der Waals surface area (Å²) in [7, 11) is 0. The molecular formula is C22H12F8N2O4. The zero-order chi connectivity index (χ0) is 26.7. The second-order valence-electron chi connectivity index (χ2n) is 6.90. The summed E-state index contributed by atoms with van der Waals surface area (Å²) in [5.74, 6) is -2.84. The van der Waals surface area contributed by atoms with Crippen LogP contribution in [0.15, 0.2) is 67.0 Å². The molecule has 0 aliphatic carbocycles. The maximum atomic E-state index is 13.6. The molecule has 0 aliphatic rings. The van der Waals surface area contributed by atoms with Crippen molar-refractivity contribution >= 4 is 17.7 Å². The predicted molar refractivity (Wildman–Crippen MR) is 108 cm³/mol. The Hall–Kier alpha value is -4.36. The number of benzene rings is 2. The number of carbonyl (C=O) groups is 1. The molecular weight excluding hydrogens is 508 g/mol.